The van der Waals surface area contributed by atoms with Crippen LogP contribution in [-0.4, -0.2) is 49.8 Å². The number of hydrogen-bond donors (Lipinski definition) is 0. The number of para-hydroxylation sites is 1. The molecule has 7 nitrogen and oxygen atoms in total. The maximum atomic E-state index is 12.8. The standard InChI is InChI=1S/C18H21N5O2/c1-2-21-13-19-20-18(21)16-11-23(9-10-25-16)17(24)12-22-8-7-14-5-3-4-6-15(14)22/h3-8,13,16H,2,9-12H2,1H3. The molecule has 3 heterocycles. The summed E-state index contributed by atoms with van der Waals surface area (Å²) in [6, 6.07) is 10.1. The van der Waals surface area contributed by atoms with E-state index in [0.717, 1.165) is 23.3 Å². The van der Waals surface area contributed by atoms with Crippen LogP contribution in [-0.2, 0) is 22.6 Å². The first-order valence-corrected chi connectivity index (χ1v) is 8.57. The molecule has 130 valence electrons. The molecule has 0 spiro atoms. The van der Waals surface area contributed by atoms with Crippen molar-refractivity contribution in [2.75, 3.05) is 19.7 Å². The van der Waals surface area contributed by atoms with Crippen LogP contribution in [0.2, 0.25) is 0 Å². The van der Waals surface area contributed by atoms with Crippen molar-refractivity contribution < 1.29 is 9.53 Å². The third-order valence-corrected chi connectivity index (χ3v) is 4.68. The van der Waals surface area contributed by atoms with Crippen molar-refractivity contribution in [3.63, 3.8) is 0 Å². The number of carbonyl (C=O) groups excluding carboxylic acids is 1. The Balaban J connectivity index is 1.48. The number of nitrogens with zero attached hydrogens (tertiary/aromatic N) is 5. The topological polar surface area (TPSA) is 65.2 Å². The average molecular weight is 339 g/mol. The molecule has 1 aromatic carbocycles. The first-order chi connectivity index (χ1) is 12.3. The molecule has 2 aromatic heterocycles. The summed E-state index contributed by atoms with van der Waals surface area (Å²) in [6.45, 7) is 4.78. The number of amides is 1. The Morgan fingerprint density at radius 3 is 3.04 bits per heavy atom. The van der Waals surface area contributed by atoms with Gasteiger partial charge in [0.1, 0.15) is 19.0 Å². The van der Waals surface area contributed by atoms with Crippen LogP contribution in [0.3, 0.4) is 0 Å². The van der Waals surface area contributed by atoms with Gasteiger partial charge in [-0.15, -0.1) is 10.2 Å². The second-order valence-electron chi connectivity index (χ2n) is 6.18. The minimum absolute atomic E-state index is 0.0946. The first-order valence-electron chi connectivity index (χ1n) is 8.57. The summed E-state index contributed by atoms with van der Waals surface area (Å²) in [6.07, 6.45) is 3.45. The highest BCUT2D eigenvalue weighted by atomic mass is 16.5. The lowest BCUT2D eigenvalue weighted by atomic mass is 10.2. The van der Waals surface area contributed by atoms with Crippen LogP contribution in [0.25, 0.3) is 10.9 Å². The quantitative estimate of drug-likeness (QED) is 0.728. The van der Waals surface area contributed by atoms with Crippen LogP contribution in [0, 0.1) is 0 Å². The van der Waals surface area contributed by atoms with Crippen LogP contribution in [0.1, 0.15) is 18.9 Å². The number of fused-ring (bicyclic) bond motifs is 1. The van der Waals surface area contributed by atoms with Crippen molar-refractivity contribution in [1.29, 1.82) is 0 Å². The highest BCUT2D eigenvalue weighted by Crippen LogP contribution is 2.21. The Morgan fingerprint density at radius 1 is 1.28 bits per heavy atom. The molecule has 25 heavy (non-hydrogen) atoms. The highest BCUT2D eigenvalue weighted by molar-refractivity contribution is 5.83. The van der Waals surface area contributed by atoms with Crippen molar-refractivity contribution in [1.82, 2.24) is 24.2 Å². The maximum absolute atomic E-state index is 12.8. The highest BCUT2D eigenvalue weighted by Gasteiger charge is 2.28. The minimum Gasteiger partial charge on any atom is -0.366 e. The molecule has 1 atom stereocenters. The smallest absolute Gasteiger partial charge is 0.242 e. The molecule has 1 aliphatic rings. The molecule has 3 aromatic rings. The fourth-order valence-corrected chi connectivity index (χ4v) is 3.31. The molecule has 1 fully saturated rings. The molecular formula is C18H21N5O2. The van der Waals surface area contributed by atoms with Gasteiger partial charge in [-0.3, -0.25) is 4.79 Å². The van der Waals surface area contributed by atoms with E-state index >= 15 is 0 Å². The largest absolute Gasteiger partial charge is 0.366 e. The summed E-state index contributed by atoms with van der Waals surface area (Å²) in [5.74, 6) is 0.878. The summed E-state index contributed by atoms with van der Waals surface area (Å²) < 4.78 is 9.78. The Labute approximate surface area is 145 Å². The number of aromatic nitrogens is 4. The van der Waals surface area contributed by atoms with Gasteiger partial charge in [-0.2, -0.15) is 0 Å². The van der Waals surface area contributed by atoms with E-state index in [-0.39, 0.29) is 12.0 Å². The average Bonchev–Trinajstić information content (AvgIpc) is 3.29. The van der Waals surface area contributed by atoms with E-state index in [0.29, 0.717) is 26.2 Å². The number of benzene rings is 1. The van der Waals surface area contributed by atoms with E-state index in [1.165, 1.54) is 0 Å². The lowest BCUT2D eigenvalue weighted by Crippen LogP contribution is -2.44. The number of aryl methyl sites for hydroxylation is 1. The Morgan fingerprint density at radius 2 is 2.16 bits per heavy atom. The van der Waals surface area contributed by atoms with Gasteiger partial charge in [-0.05, 0) is 24.4 Å². The first kappa shape index (κ1) is 15.8. The van der Waals surface area contributed by atoms with Gasteiger partial charge in [-0.1, -0.05) is 18.2 Å². The molecule has 0 bridgehead atoms. The zero-order valence-corrected chi connectivity index (χ0v) is 14.2. The van der Waals surface area contributed by atoms with Gasteiger partial charge in [0.15, 0.2) is 5.82 Å². The van der Waals surface area contributed by atoms with Crippen molar-refractivity contribution in [3.8, 4) is 0 Å². The third-order valence-electron chi connectivity index (χ3n) is 4.68. The molecule has 0 N–H and O–H groups in total. The predicted octanol–water partition coefficient (Wildman–Crippen LogP) is 1.85. The lowest BCUT2D eigenvalue weighted by Gasteiger charge is -2.32. The van der Waals surface area contributed by atoms with Crippen LogP contribution in [0.5, 0.6) is 0 Å². The van der Waals surface area contributed by atoms with E-state index in [1.807, 2.05) is 51.4 Å². The summed E-state index contributed by atoms with van der Waals surface area (Å²) in [5.41, 5.74) is 1.08. The zero-order valence-electron chi connectivity index (χ0n) is 14.2. The second kappa shape index (κ2) is 6.68. The van der Waals surface area contributed by atoms with Gasteiger partial charge >= 0.3 is 0 Å². The lowest BCUT2D eigenvalue weighted by molar-refractivity contribution is -0.140. The van der Waals surface area contributed by atoms with E-state index in [2.05, 4.69) is 16.3 Å². The van der Waals surface area contributed by atoms with Gasteiger partial charge in [0, 0.05) is 24.8 Å². The Bertz CT molecular complexity index is 884. The van der Waals surface area contributed by atoms with Gasteiger partial charge in [0.05, 0.1) is 13.2 Å². The summed E-state index contributed by atoms with van der Waals surface area (Å²) >= 11 is 0. The molecule has 1 unspecified atom stereocenters. The molecule has 7 heteroatoms. The van der Waals surface area contributed by atoms with E-state index in [4.69, 9.17) is 4.74 Å². The van der Waals surface area contributed by atoms with Crippen molar-refractivity contribution in [2.24, 2.45) is 0 Å². The molecule has 0 radical (unpaired) electrons. The molecular weight excluding hydrogens is 318 g/mol. The van der Waals surface area contributed by atoms with Gasteiger partial charge in [0.2, 0.25) is 5.91 Å². The fourth-order valence-electron chi connectivity index (χ4n) is 3.31. The van der Waals surface area contributed by atoms with Crippen LogP contribution >= 0.6 is 0 Å². The second-order valence-corrected chi connectivity index (χ2v) is 6.18. The van der Waals surface area contributed by atoms with Crippen LogP contribution < -0.4 is 0 Å². The molecule has 1 aliphatic heterocycles. The number of rotatable bonds is 4. The minimum atomic E-state index is -0.221. The number of ether oxygens (including phenoxy) is 1. The van der Waals surface area contributed by atoms with Gasteiger partial charge in [0.25, 0.3) is 0 Å². The number of carbonyl (C=O) groups is 1. The third kappa shape index (κ3) is 3.02. The summed E-state index contributed by atoms with van der Waals surface area (Å²) in [7, 11) is 0. The van der Waals surface area contributed by atoms with Crippen molar-refractivity contribution >= 4 is 16.8 Å². The normalized spacial score (nSPS) is 18.0. The van der Waals surface area contributed by atoms with Crippen molar-refractivity contribution in [2.45, 2.75) is 26.1 Å². The Kier molecular flexibility index (Phi) is 4.23. The predicted molar refractivity (Wildman–Crippen MR) is 92.9 cm³/mol. The van der Waals surface area contributed by atoms with Gasteiger partial charge < -0.3 is 18.8 Å². The molecule has 0 saturated carbocycles. The molecule has 1 saturated heterocycles. The van der Waals surface area contributed by atoms with E-state index in [1.54, 1.807) is 6.33 Å². The number of hydrogen-bond acceptors (Lipinski definition) is 4. The monoisotopic (exact) mass is 339 g/mol. The molecule has 4 rings (SSSR count). The summed E-state index contributed by atoms with van der Waals surface area (Å²) in [4.78, 5) is 14.6. The number of morpholine rings is 1. The molecule has 0 aliphatic carbocycles. The van der Waals surface area contributed by atoms with E-state index < -0.39 is 0 Å². The Hall–Kier alpha value is -2.67. The SMILES string of the molecule is CCn1cnnc1C1CN(C(=O)Cn2ccc3ccccc32)CCO1. The fraction of sp³-hybridized carbons (Fsp3) is 0.389. The van der Waals surface area contributed by atoms with E-state index in [9.17, 15) is 4.79 Å². The maximum Gasteiger partial charge on any atom is 0.242 e. The van der Waals surface area contributed by atoms with Crippen LogP contribution in [0.4, 0.5) is 0 Å². The van der Waals surface area contributed by atoms with Gasteiger partial charge in [-0.25, -0.2) is 0 Å². The van der Waals surface area contributed by atoms with Crippen molar-refractivity contribution in [3.05, 3.63) is 48.7 Å². The zero-order chi connectivity index (χ0) is 17.2. The molecule has 1 amide bonds. The van der Waals surface area contributed by atoms with Crippen LogP contribution in [0.15, 0.2) is 42.9 Å². The summed E-state index contributed by atoms with van der Waals surface area (Å²) in [5, 5.41) is 9.27.